The average molecular weight is 323 g/mol. The van der Waals surface area contributed by atoms with Gasteiger partial charge in [-0.05, 0) is 40.7 Å². The monoisotopic (exact) mass is 322 g/mol. The molecular weight excluding hydrogens is 304 g/mol. The van der Waals surface area contributed by atoms with E-state index in [0.717, 1.165) is 0 Å². The van der Waals surface area contributed by atoms with Crippen LogP contribution in [0.1, 0.15) is 49.4 Å². The largest absolute Gasteiger partial charge is 0.143 e. The summed E-state index contributed by atoms with van der Waals surface area (Å²) < 4.78 is 1.41. The SMILES string of the molecule is CC1(C(Br)c2csc3ccccc23)CCCCC1. The van der Waals surface area contributed by atoms with E-state index in [4.69, 9.17) is 0 Å². The van der Waals surface area contributed by atoms with Gasteiger partial charge in [-0.3, -0.25) is 0 Å². The molecule has 0 nitrogen and oxygen atoms in total. The second-order valence-corrected chi connectivity index (χ2v) is 7.59. The molecule has 1 saturated carbocycles. The summed E-state index contributed by atoms with van der Waals surface area (Å²) in [7, 11) is 0. The van der Waals surface area contributed by atoms with E-state index in [1.807, 2.05) is 11.3 Å². The summed E-state index contributed by atoms with van der Waals surface area (Å²) in [5, 5.41) is 3.79. The van der Waals surface area contributed by atoms with Crippen LogP contribution in [0.4, 0.5) is 0 Å². The minimum atomic E-state index is 0.433. The van der Waals surface area contributed by atoms with E-state index in [1.165, 1.54) is 47.8 Å². The van der Waals surface area contributed by atoms with Crippen LogP contribution in [-0.4, -0.2) is 0 Å². The molecule has 18 heavy (non-hydrogen) atoms. The molecule has 1 atom stereocenters. The molecule has 1 aromatic carbocycles. The smallest absolute Gasteiger partial charge is 0.0463 e. The first-order valence-electron chi connectivity index (χ1n) is 6.81. The lowest BCUT2D eigenvalue weighted by atomic mass is 9.72. The first-order chi connectivity index (χ1) is 8.71. The normalized spacial score (nSPS) is 21.0. The molecule has 0 N–H and O–H groups in total. The van der Waals surface area contributed by atoms with Gasteiger partial charge in [0.05, 0.1) is 0 Å². The molecule has 0 aliphatic heterocycles. The molecule has 0 bridgehead atoms. The third kappa shape index (κ3) is 2.14. The maximum Gasteiger partial charge on any atom is 0.0463 e. The van der Waals surface area contributed by atoms with Crippen molar-refractivity contribution in [2.24, 2.45) is 5.41 Å². The fourth-order valence-electron chi connectivity index (χ4n) is 3.18. The van der Waals surface area contributed by atoms with Crippen LogP contribution < -0.4 is 0 Å². The summed E-state index contributed by atoms with van der Waals surface area (Å²) in [6.45, 7) is 2.46. The molecule has 0 saturated heterocycles. The zero-order valence-electron chi connectivity index (χ0n) is 10.8. The first kappa shape index (κ1) is 12.7. The molecule has 1 heterocycles. The summed E-state index contributed by atoms with van der Waals surface area (Å²) in [6.07, 6.45) is 6.90. The van der Waals surface area contributed by atoms with Gasteiger partial charge in [-0.2, -0.15) is 0 Å². The van der Waals surface area contributed by atoms with E-state index in [9.17, 15) is 0 Å². The lowest BCUT2D eigenvalue weighted by Gasteiger charge is -2.38. The Morgan fingerprint density at radius 2 is 1.89 bits per heavy atom. The van der Waals surface area contributed by atoms with Gasteiger partial charge in [-0.15, -0.1) is 11.3 Å². The molecule has 1 aliphatic carbocycles. The molecule has 0 spiro atoms. The van der Waals surface area contributed by atoms with Gasteiger partial charge in [0, 0.05) is 9.53 Å². The highest BCUT2D eigenvalue weighted by atomic mass is 79.9. The van der Waals surface area contributed by atoms with E-state index < -0.39 is 0 Å². The number of fused-ring (bicyclic) bond motifs is 1. The minimum Gasteiger partial charge on any atom is -0.143 e. The number of benzene rings is 1. The molecule has 2 aromatic rings. The van der Waals surface area contributed by atoms with Gasteiger partial charge in [0.15, 0.2) is 0 Å². The first-order valence-corrected chi connectivity index (χ1v) is 8.60. The van der Waals surface area contributed by atoms with Crippen LogP contribution in [0.2, 0.25) is 0 Å². The van der Waals surface area contributed by atoms with Gasteiger partial charge in [0.25, 0.3) is 0 Å². The maximum absolute atomic E-state index is 4.01. The molecule has 1 aromatic heterocycles. The van der Waals surface area contributed by atoms with Crippen molar-refractivity contribution >= 4 is 37.4 Å². The van der Waals surface area contributed by atoms with Gasteiger partial charge < -0.3 is 0 Å². The van der Waals surface area contributed by atoms with E-state index in [2.05, 4.69) is 52.5 Å². The Balaban J connectivity index is 1.98. The van der Waals surface area contributed by atoms with Crippen LogP contribution >= 0.6 is 27.3 Å². The summed E-state index contributed by atoms with van der Waals surface area (Å²) in [5.74, 6) is 0. The number of alkyl halides is 1. The zero-order chi connectivity index (χ0) is 12.6. The Morgan fingerprint density at radius 3 is 2.67 bits per heavy atom. The number of thiophene rings is 1. The number of hydrogen-bond acceptors (Lipinski definition) is 1. The third-order valence-electron chi connectivity index (χ3n) is 4.39. The van der Waals surface area contributed by atoms with Gasteiger partial charge in [0.2, 0.25) is 0 Å². The predicted octanol–water partition coefficient (Wildman–Crippen LogP) is 6.31. The molecule has 2 heteroatoms. The van der Waals surface area contributed by atoms with E-state index >= 15 is 0 Å². The zero-order valence-corrected chi connectivity index (χ0v) is 13.2. The van der Waals surface area contributed by atoms with Crippen molar-refractivity contribution < 1.29 is 0 Å². The topological polar surface area (TPSA) is 0 Å². The van der Waals surface area contributed by atoms with Crippen LogP contribution in [0.5, 0.6) is 0 Å². The van der Waals surface area contributed by atoms with Crippen molar-refractivity contribution in [1.29, 1.82) is 0 Å². The summed E-state index contributed by atoms with van der Waals surface area (Å²) in [6, 6.07) is 8.78. The van der Waals surface area contributed by atoms with Crippen LogP contribution in [0.25, 0.3) is 10.1 Å². The van der Waals surface area contributed by atoms with Crippen molar-refractivity contribution in [3.63, 3.8) is 0 Å². The van der Waals surface area contributed by atoms with Gasteiger partial charge in [-0.25, -0.2) is 0 Å². The van der Waals surface area contributed by atoms with Crippen LogP contribution in [0.3, 0.4) is 0 Å². The van der Waals surface area contributed by atoms with Gasteiger partial charge in [-0.1, -0.05) is 60.3 Å². The molecule has 0 radical (unpaired) electrons. The predicted molar refractivity (Wildman–Crippen MR) is 84.7 cm³/mol. The van der Waals surface area contributed by atoms with Crippen molar-refractivity contribution in [1.82, 2.24) is 0 Å². The fraction of sp³-hybridized carbons (Fsp3) is 0.500. The fourth-order valence-corrected chi connectivity index (χ4v) is 5.18. The Bertz CT molecular complexity index is 537. The standard InChI is InChI=1S/C16H19BrS/c1-16(9-5-2-6-10-16)15(17)13-11-18-14-8-4-3-7-12(13)14/h3-4,7-8,11,15H,2,5-6,9-10H2,1H3. The Hall–Kier alpha value is -0.340. The molecule has 1 fully saturated rings. The molecule has 3 rings (SSSR count). The second-order valence-electron chi connectivity index (χ2n) is 5.76. The van der Waals surface area contributed by atoms with Crippen LogP contribution in [0, 0.1) is 5.41 Å². The van der Waals surface area contributed by atoms with E-state index in [0.29, 0.717) is 10.2 Å². The molecule has 1 unspecified atom stereocenters. The van der Waals surface area contributed by atoms with Gasteiger partial charge >= 0.3 is 0 Å². The average Bonchev–Trinajstić information content (AvgIpc) is 2.82. The van der Waals surface area contributed by atoms with Crippen LogP contribution in [-0.2, 0) is 0 Å². The van der Waals surface area contributed by atoms with Gasteiger partial charge in [0.1, 0.15) is 0 Å². The van der Waals surface area contributed by atoms with Crippen LogP contribution in [0.15, 0.2) is 29.6 Å². The quantitative estimate of drug-likeness (QED) is 0.568. The highest BCUT2D eigenvalue weighted by Crippen LogP contribution is 2.52. The van der Waals surface area contributed by atoms with Crippen molar-refractivity contribution in [3.05, 3.63) is 35.2 Å². The summed E-state index contributed by atoms with van der Waals surface area (Å²) >= 11 is 5.89. The molecule has 96 valence electrons. The molecule has 0 amide bonds. The lowest BCUT2D eigenvalue weighted by molar-refractivity contribution is 0.213. The number of rotatable bonds is 2. The van der Waals surface area contributed by atoms with Crippen molar-refractivity contribution in [2.75, 3.05) is 0 Å². The Kier molecular flexibility index (Phi) is 3.50. The maximum atomic E-state index is 4.01. The lowest BCUT2D eigenvalue weighted by Crippen LogP contribution is -2.24. The Morgan fingerprint density at radius 1 is 1.17 bits per heavy atom. The number of hydrogen-bond donors (Lipinski definition) is 0. The highest BCUT2D eigenvalue weighted by molar-refractivity contribution is 9.09. The number of halogens is 1. The Labute approximate surface area is 122 Å². The van der Waals surface area contributed by atoms with E-state index in [-0.39, 0.29) is 0 Å². The summed E-state index contributed by atoms with van der Waals surface area (Å²) in [5.41, 5.74) is 1.93. The highest BCUT2D eigenvalue weighted by Gasteiger charge is 2.35. The van der Waals surface area contributed by atoms with E-state index in [1.54, 1.807) is 0 Å². The van der Waals surface area contributed by atoms with Crippen molar-refractivity contribution in [2.45, 2.75) is 43.9 Å². The molecular formula is C16H19BrS. The third-order valence-corrected chi connectivity index (χ3v) is 6.97. The van der Waals surface area contributed by atoms with Crippen molar-refractivity contribution in [3.8, 4) is 0 Å². The molecule has 1 aliphatic rings. The summed E-state index contributed by atoms with van der Waals surface area (Å²) in [4.78, 5) is 0.501. The minimum absolute atomic E-state index is 0.433. The second kappa shape index (κ2) is 4.97.